The smallest absolute Gasteiger partial charge is 0.254 e. The number of nitrogens with zero attached hydrogens (tertiary/aromatic N) is 2. The molecule has 2 aliphatic rings. The molecule has 1 aromatic carbocycles. The number of hydrogen-bond acceptors (Lipinski definition) is 5. The van der Waals surface area contributed by atoms with Gasteiger partial charge in [0.1, 0.15) is 6.10 Å². The van der Waals surface area contributed by atoms with Crippen LogP contribution in [-0.4, -0.2) is 78.5 Å². The highest BCUT2D eigenvalue weighted by atomic mass is 16.5. The van der Waals surface area contributed by atoms with E-state index < -0.39 is 6.10 Å². The van der Waals surface area contributed by atoms with E-state index in [2.05, 4.69) is 15.5 Å². The van der Waals surface area contributed by atoms with Gasteiger partial charge in [-0.05, 0) is 51.8 Å². The fourth-order valence-corrected chi connectivity index (χ4v) is 3.69. The average molecular weight is 417 g/mol. The second kappa shape index (κ2) is 9.57. The second-order valence-corrected chi connectivity index (χ2v) is 8.94. The first-order valence-corrected chi connectivity index (χ1v) is 10.6. The molecule has 0 aromatic heterocycles. The van der Waals surface area contributed by atoms with Crippen molar-refractivity contribution in [3.63, 3.8) is 0 Å². The zero-order valence-corrected chi connectivity index (χ0v) is 18.1. The van der Waals surface area contributed by atoms with Crippen LogP contribution in [0, 0.1) is 0 Å². The van der Waals surface area contributed by atoms with Gasteiger partial charge in [0, 0.05) is 49.6 Å². The Bertz CT molecular complexity index is 776. The molecule has 2 fully saturated rings. The van der Waals surface area contributed by atoms with Crippen LogP contribution in [0.4, 0.5) is 5.69 Å². The Morgan fingerprint density at radius 1 is 1.13 bits per heavy atom. The number of amides is 3. The highest BCUT2D eigenvalue weighted by Crippen LogP contribution is 2.17. The zero-order valence-electron chi connectivity index (χ0n) is 18.1. The lowest BCUT2D eigenvalue weighted by molar-refractivity contribution is -0.125. The summed E-state index contributed by atoms with van der Waals surface area (Å²) in [4.78, 5) is 41.1. The SMILES string of the molecule is CC(C)(C)NC(=O)CN1CCN(C(=O)c2cccc(NC(=O)[C@H]3CCCO3)c2)CC1. The van der Waals surface area contributed by atoms with Crippen LogP contribution in [0.15, 0.2) is 24.3 Å². The number of ether oxygens (including phenoxy) is 1. The summed E-state index contributed by atoms with van der Waals surface area (Å²) in [5, 5.41) is 5.81. The van der Waals surface area contributed by atoms with Gasteiger partial charge in [-0.25, -0.2) is 0 Å². The van der Waals surface area contributed by atoms with Crippen molar-refractivity contribution >= 4 is 23.4 Å². The van der Waals surface area contributed by atoms with Crippen LogP contribution in [0.2, 0.25) is 0 Å². The molecule has 8 heteroatoms. The van der Waals surface area contributed by atoms with Crippen molar-refractivity contribution in [2.24, 2.45) is 0 Å². The van der Waals surface area contributed by atoms with Crippen molar-refractivity contribution in [1.29, 1.82) is 0 Å². The van der Waals surface area contributed by atoms with Gasteiger partial charge < -0.3 is 20.3 Å². The zero-order chi connectivity index (χ0) is 21.7. The lowest BCUT2D eigenvalue weighted by atomic mass is 10.1. The summed E-state index contributed by atoms with van der Waals surface area (Å²) in [5.41, 5.74) is 0.886. The van der Waals surface area contributed by atoms with Gasteiger partial charge in [0.15, 0.2) is 0 Å². The monoisotopic (exact) mass is 416 g/mol. The molecule has 1 atom stereocenters. The van der Waals surface area contributed by atoms with Gasteiger partial charge in [0.2, 0.25) is 5.91 Å². The minimum absolute atomic E-state index is 0.00281. The molecule has 0 bridgehead atoms. The van der Waals surface area contributed by atoms with Crippen molar-refractivity contribution in [3.8, 4) is 0 Å². The van der Waals surface area contributed by atoms with E-state index in [1.807, 2.05) is 20.8 Å². The minimum Gasteiger partial charge on any atom is -0.368 e. The Morgan fingerprint density at radius 3 is 2.50 bits per heavy atom. The number of carbonyl (C=O) groups excluding carboxylic acids is 3. The van der Waals surface area contributed by atoms with Crippen molar-refractivity contribution in [1.82, 2.24) is 15.1 Å². The molecule has 3 amide bonds. The van der Waals surface area contributed by atoms with E-state index in [9.17, 15) is 14.4 Å². The molecular formula is C22H32N4O4. The number of rotatable bonds is 5. The first-order chi connectivity index (χ1) is 14.2. The van der Waals surface area contributed by atoms with E-state index in [1.165, 1.54) is 0 Å². The van der Waals surface area contributed by atoms with E-state index >= 15 is 0 Å². The van der Waals surface area contributed by atoms with Crippen molar-refractivity contribution < 1.29 is 19.1 Å². The molecular weight excluding hydrogens is 384 g/mol. The highest BCUT2D eigenvalue weighted by Gasteiger charge is 2.26. The van der Waals surface area contributed by atoms with Gasteiger partial charge in [-0.1, -0.05) is 6.07 Å². The largest absolute Gasteiger partial charge is 0.368 e. The molecule has 2 heterocycles. The van der Waals surface area contributed by atoms with Gasteiger partial charge in [0.25, 0.3) is 11.8 Å². The molecule has 2 saturated heterocycles. The number of carbonyl (C=O) groups is 3. The third kappa shape index (κ3) is 6.27. The van der Waals surface area contributed by atoms with E-state index in [0.29, 0.717) is 50.6 Å². The summed E-state index contributed by atoms with van der Waals surface area (Å²) in [6, 6.07) is 7.01. The Morgan fingerprint density at radius 2 is 1.87 bits per heavy atom. The Labute approximate surface area is 177 Å². The van der Waals surface area contributed by atoms with Crippen molar-refractivity contribution in [3.05, 3.63) is 29.8 Å². The maximum Gasteiger partial charge on any atom is 0.254 e. The molecule has 0 radical (unpaired) electrons. The molecule has 164 valence electrons. The first-order valence-electron chi connectivity index (χ1n) is 10.6. The molecule has 1 aromatic rings. The number of anilines is 1. The Kier molecular flexibility index (Phi) is 7.10. The van der Waals surface area contributed by atoms with Crippen LogP contribution in [0.25, 0.3) is 0 Å². The molecule has 2 N–H and O–H groups in total. The van der Waals surface area contributed by atoms with E-state index in [0.717, 1.165) is 12.8 Å². The topological polar surface area (TPSA) is 91.0 Å². The van der Waals surface area contributed by atoms with Crippen LogP contribution in [-0.2, 0) is 14.3 Å². The maximum atomic E-state index is 12.9. The molecule has 0 aliphatic carbocycles. The van der Waals surface area contributed by atoms with Crippen LogP contribution < -0.4 is 10.6 Å². The fraction of sp³-hybridized carbons (Fsp3) is 0.591. The summed E-state index contributed by atoms with van der Waals surface area (Å²) >= 11 is 0. The van der Waals surface area contributed by atoms with Gasteiger partial charge in [-0.3, -0.25) is 19.3 Å². The number of nitrogens with one attached hydrogen (secondary N) is 2. The summed E-state index contributed by atoms with van der Waals surface area (Å²) in [7, 11) is 0. The van der Waals surface area contributed by atoms with Crippen LogP contribution >= 0.6 is 0 Å². The summed E-state index contributed by atoms with van der Waals surface area (Å²) < 4.78 is 5.40. The maximum absolute atomic E-state index is 12.9. The predicted molar refractivity (Wildman–Crippen MR) is 114 cm³/mol. The van der Waals surface area contributed by atoms with Gasteiger partial charge in [-0.2, -0.15) is 0 Å². The quantitative estimate of drug-likeness (QED) is 0.759. The summed E-state index contributed by atoms with van der Waals surface area (Å²) in [5.74, 6) is -0.238. The molecule has 2 aliphatic heterocycles. The molecule has 30 heavy (non-hydrogen) atoms. The number of benzene rings is 1. The third-order valence-electron chi connectivity index (χ3n) is 5.14. The van der Waals surface area contributed by atoms with Crippen LogP contribution in [0.3, 0.4) is 0 Å². The van der Waals surface area contributed by atoms with E-state index in [-0.39, 0.29) is 23.3 Å². The van der Waals surface area contributed by atoms with Crippen LogP contribution in [0.1, 0.15) is 44.0 Å². The van der Waals surface area contributed by atoms with Crippen molar-refractivity contribution in [2.75, 3.05) is 44.6 Å². The number of piperazine rings is 1. The molecule has 0 unspecified atom stereocenters. The normalized spacial score (nSPS) is 20.1. The highest BCUT2D eigenvalue weighted by molar-refractivity contribution is 5.98. The van der Waals surface area contributed by atoms with E-state index in [1.54, 1.807) is 29.2 Å². The molecule has 0 spiro atoms. The van der Waals surface area contributed by atoms with Gasteiger partial charge in [-0.15, -0.1) is 0 Å². The third-order valence-corrected chi connectivity index (χ3v) is 5.14. The number of hydrogen-bond donors (Lipinski definition) is 2. The second-order valence-electron chi connectivity index (χ2n) is 8.94. The van der Waals surface area contributed by atoms with Gasteiger partial charge >= 0.3 is 0 Å². The molecule has 0 saturated carbocycles. The standard InChI is InChI=1S/C22H32N4O4/c1-22(2,3)24-19(27)15-25-9-11-26(12-10-25)21(29)16-6-4-7-17(14-16)23-20(28)18-8-5-13-30-18/h4,6-7,14,18H,5,8-13,15H2,1-3H3,(H,23,28)(H,24,27)/t18-/m1/s1. The Hall–Kier alpha value is -2.45. The first kappa shape index (κ1) is 22.2. The molecule has 8 nitrogen and oxygen atoms in total. The predicted octanol–water partition coefficient (Wildman–Crippen LogP) is 1.48. The summed E-state index contributed by atoms with van der Waals surface area (Å²) in [6.07, 6.45) is 1.20. The van der Waals surface area contributed by atoms with E-state index in [4.69, 9.17) is 4.74 Å². The van der Waals surface area contributed by atoms with Gasteiger partial charge in [0.05, 0.1) is 6.54 Å². The fourth-order valence-electron chi connectivity index (χ4n) is 3.69. The Balaban J connectivity index is 1.51. The summed E-state index contributed by atoms with van der Waals surface area (Å²) in [6.45, 7) is 9.25. The average Bonchev–Trinajstić information content (AvgIpc) is 3.22. The lowest BCUT2D eigenvalue weighted by Gasteiger charge is -2.35. The lowest BCUT2D eigenvalue weighted by Crippen LogP contribution is -2.52. The molecule has 3 rings (SSSR count). The van der Waals surface area contributed by atoms with Crippen molar-refractivity contribution in [2.45, 2.75) is 45.3 Å². The van der Waals surface area contributed by atoms with Crippen LogP contribution in [0.5, 0.6) is 0 Å². The minimum atomic E-state index is -0.409.